The van der Waals surface area contributed by atoms with Crippen molar-refractivity contribution in [3.8, 4) is 0 Å². The second-order valence-corrected chi connectivity index (χ2v) is 7.93. The Kier molecular flexibility index (Phi) is 3.67. The largest absolute Gasteiger partial charge is 0.442 e. The molecule has 0 radical (unpaired) electrons. The highest BCUT2D eigenvalue weighted by atomic mass is 32.2. The minimum atomic E-state index is -4.64. The zero-order valence-corrected chi connectivity index (χ0v) is 13.9. The zero-order valence-electron chi connectivity index (χ0n) is 13.1. The number of nitrogens with zero attached hydrogens (tertiary/aromatic N) is 5. The first-order valence-electron chi connectivity index (χ1n) is 7.71. The molecule has 4 rings (SSSR count). The average molecular weight is 386 g/mol. The third-order valence-corrected chi connectivity index (χ3v) is 6.05. The van der Waals surface area contributed by atoms with Gasteiger partial charge in [0.1, 0.15) is 0 Å². The molecule has 0 unspecified atom stereocenters. The molecule has 1 aromatic heterocycles. The van der Waals surface area contributed by atoms with E-state index in [-0.39, 0.29) is 22.5 Å². The Morgan fingerprint density at radius 3 is 2.31 bits per heavy atom. The number of hydrogen-bond donors (Lipinski definition) is 1. The van der Waals surface area contributed by atoms with Crippen LogP contribution in [0.3, 0.4) is 0 Å². The van der Waals surface area contributed by atoms with Crippen molar-refractivity contribution in [2.75, 3.05) is 0 Å². The molecular formula is C14H13F3N6O2S. The predicted molar refractivity (Wildman–Crippen MR) is 81.4 cm³/mol. The van der Waals surface area contributed by atoms with Gasteiger partial charge in [-0.25, -0.2) is 17.8 Å². The second-order valence-electron chi connectivity index (χ2n) is 6.22. The van der Waals surface area contributed by atoms with Crippen LogP contribution in [-0.2, 0) is 15.7 Å². The Hall–Kier alpha value is -2.34. The van der Waals surface area contributed by atoms with Gasteiger partial charge in [-0.1, -0.05) is 17.3 Å². The van der Waals surface area contributed by atoms with Crippen LogP contribution in [0.2, 0.25) is 0 Å². The number of aromatic nitrogens is 3. The summed E-state index contributed by atoms with van der Waals surface area (Å²) in [5.41, 5.74) is -2.76. The third kappa shape index (κ3) is 2.78. The Bertz CT molecular complexity index is 928. The van der Waals surface area contributed by atoms with Gasteiger partial charge in [-0.15, -0.1) is 15.3 Å². The van der Waals surface area contributed by atoms with E-state index in [0.29, 0.717) is 12.8 Å². The maximum atomic E-state index is 13.0. The molecule has 0 saturated heterocycles. The van der Waals surface area contributed by atoms with Gasteiger partial charge in [-0.3, -0.25) is 0 Å². The van der Waals surface area contributed by atoms with Gasteiger partial charge in [0, 0.05) is 17.8 Å². The van der Waals surface area contributed by atoms with E-state index in [9.17, 15) is 21.6 Å². The standard InChI is InChI=1S/C14H13F3N6O2S/c15-14(16,17)13(20-21-13)9-1-3-12(4-2-9)26(24,25)19-10-7-11(8-10)23-6-5-18-22-23/h1-6,10-11,19H,7-8H2. The molecule has 0 bridgehead atoms. The number of sulfonamides is 1. The average Bonchev–Trinajstić information content (AvgIpc) is 3.21. The molecule has 1 fully saturated rings. The summed E-state index contributed by atoms with van der Waals surface area (Å²) in [6.07, 6.45) is -0.261. The van der Waals surface area contributed by atoms with Gasteiger partial charge in [-0.2, -0.15) is 13.2 Å². The van der Waals surface area contributed by atoms with Crippen LogP contribution in [0.25, 0.3) is 0 Å². The van der Waals surface area contributed by atoms with Crippen molar-refractivity contribution < 1.29 is 21.6 Å². The molecule has 1 saturated carbocycles. The number of alkyl halides is 3. The number of benzene rings is 1. The van der Waals surface area contributed by atoms with Gasteiger partial charge in [0.15, 0.2) is 0 Å². The molecule has 1 N–H and O–H groups in total. The maximum Gasteiger partial charge on any atom is 0.442 e. The van der Waals surface area contributed by atoms with Gasteiger partial charge in [0.05, 0.1) is 17.1 Å². The number of hydrogen-bond acceptors (Lipinski definition) is 6. The van der Waals surface area contributed by atoms with E-state index in [4.69, 9.17) is 0 Å². The first-order chi connectivity index (χ1) is 12.2. The maximum absolute atomic E-state index is 13.0. The van der Waals surface area contributed by atoms with Crippen LogP contribution >= 0.6 is 0 Å². The van der Waals surface area contributed by atoms with E-state index in [2.05, 4.69) is 25.3 Å². The Balaban J connectivity index is 1.43. The summed E-state index contributed by atoms with van der Waals surface area (Å²) in [6.45, 7) is 0. The van der Waals surface area contributed by atoms with E-state index in [1.807, 2.05) is 0 Å². The van der Waals surface area contributed by atoms with Crippen LogP contribution in [-0.4, -0.2) is 35.6 Å². The lowest BCUT2D eigenvalue weighted by Gasteiger charge is -2.35. The van der Waals surface area contributed by atoms with Gasteiger partial charge < -0.3 is 0 Å². The van der Waals surface area contributed by atoms with E-state index < -0.39 is 21.9 Å². The summed E-state index contributed by atoms with van der Waals surface area (Å²) < 4.78 is 67.9. The molecule has 26 heavy (non-hydrogen) atoms. The summed E-state index contributed by atoms with van der Waals surface area (Å²) in [5.74, 6) is 0. The van der Waals surface area contributed by atoms with Crippen LogP contribution in [0.1, 0.15) is 24.4 Å². The van der Waals surface area contributed by atoms with Crippen LogP contribution in [0, 0.1) is 0 Å². The SMILES string of the molecule is O=S(=O)(NC1CC(n2ccnn2)C1)c1ccc(C2(C(F)(F)F)N=N2)cc1. The Morgan fingerprint density at radius 2 is 1.81 bits per heavy atom. The van der Waals surface area contributed by atoms with E-state index in [1.165, 1.54) is 0 Å². The van der Waals surface area contributed by atoms with Crippen molar-refractivity contribution >= 4 is 10.0 Å². The smallest absolute Gasteiger partial charge is 0.249 e. The number of rotatable bonds is 5. The zero-order chi connectivity index (χ0) is 18.6. The summed E-state index contributed by atoms with van der Waals surface area (Å²) in [4.78, 5) is -0.108. The van der Waals surface area contributed by atoms with Crippen LogP contribution in [0.5, 0.6) is 0 Å². The van der Waals surface area contributed by atoms with Gasteiger partial charge >= 0.3 is 11.8 Å². The van der Waals surface area contributed by atoms with Crippen molar-refractivity contribution in [2.45, 2.75) is 41.7 Å². The van der Waals surface area contributed by atoms with Crippen LogP contribution < -0.4 is 4.72 Å². The molecule has 0 atom stereocenters. The van der Waals surface area contributed by atoms with Crippen molar-refractivity contribution in [1.82, 2.24) is 19.7 Å². The molecule has 2 aliphatic rings. The first kappa shape index (κ1) is 17.1. The highest BCUT2D eigenvalue weighted by Crippen LogP contribution is 2.52. The van der Waals surface area contributed by atoms with Gasteiger partial charge in [-0.05, 0) is 25.0 Å². The molecular weight excluding hydrogens is 373 g/mol. The summed E-state index contributed by atoms with van der Waals surface area (Å²) in [6, 6.07) is 4.24. The highest BCUT2D eigenvalue weighted by molar-refractivity contribution is 7.89. The fraction of sp³-hybridized carbons (Fsp3) is 0.429. The van der Waals surface area contributed by atoms with Crippen LogP contribution in [0.4, 0.5) is 13.2 Å². The number of halogens is 3. The number of nitrogens with one attached hydrogen (secondary N) is 1. The Labute approximate surface area is 146 Å². The molecule has 12 heteroatoms. The second kappa shape index (κ2) is 5.58. The van der Waals surface area contributed by atoms with Crippen molar-refractivity contribution in [3.05, 3.63) is 42.2 Å². The summed E-state index contributed by atoms with van der Waals surface area (Å²) >= 11 is 0. The monoisotopic (exact) mass is 386 g/mol. The normalized spacial score (nSPS) is 24.3. The van der Waals surface area contributed by atoms with Crippen LogP contribution in [0.15, 0.2) is 51.8 Å². The first-order valence-corrected chi connectivity index (χ1v) is 9.19. The van der Waals surface area contributed by atoms with Crippen molar-refractivity contribution in [2.24, 2.45) is 10.2 Å². The fourth-order valence-electron chi connectivity index (χ4n) is 2.91. The predicted octanol–water partition coefficient (Wildman–Crippen LogP) is 2.14. The minimum Gasteiger partial charge on any atom is -0.249 e. The topological polar surface area (TPSA) is 102 Å². The van der Waals surface area contributed by atoms with Gasteiger partial charge in [0.2, 0.25) is 10.0 Å². The highest BCUT2D eigenvalue weighted by Gasteiger charge is 2.65. The molecule has 138 valence electrons. The molecule has 1 aliphatic carbocycles. The lowest BCUT2D eigenvalue weighted by Crippen LogP contribution is -2.45. The van der Waals surface area contributed by atoms with Crippen molar-refractivity contribution in [3.63, 3.8) is 0 Å². The molecule has 2 aromatic rings. The summed E-state index contributed by atoms with van der Waals surface area (Å²) in [5, 5.41) is 13.8. The lowest BCUT2D eigenvalue weighted by atomic mass is 9.88. The minimum absolute atomic E-state index is 0.0808. The Morgan fingerprint density at radius 1 is 1.15 bits per heavy atom. The molecule has 1 aliphatic heterocycles. The van der Waals surface area contributed by atoms with E-state index in [0.717, 1.165) is 24.3 Å². The molecule has 2 heterocycles. The van der Waals surface area contributed by atoms with E-state index in [1.54, 1.807) is 17.1 Å². The quantitative estimate of drug-likeness (QED) is 0.851. The third-order valence-electron chi connectivity index (χ3n) is 4.51. The van der Waals surface area contributed by atoms with E-state index >= 15 is 0 Å². The molecule has 0 spiro atoms. The van der Waals surface area contributed by atoms with Crippen molar-refractivity contribution in [1.29, 1.82) is 0 Å². The fourth-order valence-corrected chi connectivity index (χ4v) is 4.17. The molecule has 8 nitrogen and oxygen atoms in total. The lowest BCUT2D eigenvalue weighted by molar-refractivity contribution is -0.166. The summed E-state index contributed by atoms with van der Waals surface area (Å²) in [7, 11) is -3.83. The molecule has 1 aromatic carbocycles. The molecule has 0 amide bonds. The van der Waals surface area contributed by atoms with Gasteiger partial charge in [0.25, 0.3) is 0 Å².